The first kappa shape index (κ1) is 19.5. The Morgan fingerprint density at radius 1 is 1.15 bits per heavy atom. The summed E-state index contributed by atoms with van der Waals surface area (Å²) in [6.45, 7) is 5.19. The molecule has 1 aromatic carbocycles. The molecule has 7 heteroatoms. The van der Waals surface area contributed by atoms with Crippen LogP contribution in [0.5, 0.6) is 11.5 Å². The highest BCUT2D eigenvalue weighted by Crippen LogP contribution is 2.37. The molecule has 6 nitrogen and oxygen atoms in total. The van der Waals surface area contributed by atoms with Crippen molar-refractivity contribution in [3.05, 3.63) is 29.0 Å². The number of anilines is 3. The predicted molar refractivity (Wildman–Crippen MR) is 110 cm³/mol. The van der Waals surface area contributed by atoms with Gasteiger partial charge in [-0.3, -0.25) is 0 Å². The summed E-state index contributed by atoms with van der Waals surface area (Å²) in [5.74, 6) is 3.63. The second-order valence-electron chi connectivity index (χ2n) is 6.72. The van der Waals surface area contributed by atoms with Gasteiger partial charge in [-0.05, 0) is 32.6 Å². The zero-order valence-corrected chi connectivity index (χ0v) is 17.1. The Morgan fingerprint density at radius 3 is 2.63 bits per heavy atom. The minimum Gasteiger partial charge on any atom is -0.495 e. The molecule has 2 aromatic rings. The highest BCUT2D eigenvalue weighted by molar-refractivity contribution is 6.32. The van der Waals surface area contributed by atoms with Crippen LogP contribution in [0.25, 0.3) is 0 Å². The van der Waals surface area contributed by atoms with Crippen molar-refractivity contribution in [1.29, 1.82) is 0 Å². The van der Waals surface area contributed by atoms with Crippen LogP contribution in [0.3, 0.4) is 0 Å². The van der Waals surface area contributed by atoms with E-state index in [9.17, 15) is 0 Å². The van der Waals surface area contributed by atoms with E-state index >= 15 is 0 Å². The summed E-state index contributed by atoms with van der Waals surface area (Å²) in [5.41, 5.74) is 0.744. The Morgan fingerprint density at radius 2 is 1.93 bits per heavy atom. The van der Waals surface area contributed by atoms with Gasteiger partial charge in [-0.2, -0.15) is 0 Å². The molecule has 1 saturated heterocycles. The number of nitrogens with zero attached hydrogens (tertiary/aromatic N) is 3. The Balaban J connectivity index is 1.93. The number of nitrogens with one attached hydrogen (secondary N) is 1. The van der Waals surface area contributed by atoms with E-state index in [-0.39, 0.29) is 0 Å². The number of piperidine rings is 1. The van der Waals surface area contributed by atoms with Gasteiger partial charge >= 0.3 is 0 Å². The van der Waals surface area contributed by atoms with E-state index in [0.29, 0.717) is 22.6 Å². The second kappa shape index (κ2) is 8.65. The normalized spacial score (nSPS) is 16.9. The zero-order chi connectivity index (χ0) is 19.4. The first-order chi connectivity index (χ1) is 13.0. The number of rotatable bonds is 6. The Bertz CT molecular complexity index is 800. The van der Waals surface area contributed by atoms with Gasteiger partial charge in [0.15, 0.2) is 0 Å². The number of hydrogen-bond acceptors (Lipinski definition) is 6. The molecule has 3 rings (SSSR count). The van der Waals surface area contributed by atoms with Gasteiger partial charge in [0.1, 0.15) is 29.0 Å². The predicted octanol–water partition coefficient (Wildman–Crippen LogP) is 4.97. The number of benzene rings is 1. The minimum absolute atomic E-state index is 0.499. The Labute approximate surface area is 165 Å². The summed E-state index contributed by atoms with van der Waals surface area (Å²) in [5, 5.41) is 3.84. The molecule has 0 saturated carbocycles. The van der Waals surface area contributed by atoms with Gasteiger partial charge in [0.2, 0.25) is 0 Å². The summed E-state index contributed by atoms with van der Waals surface area (Å²) in [7, 11) is 3.20. The van der Waals surface area contributed by atoms with Crippen molar-refractivity contribution in [3.63, 3.8) is 0 Å². The number of methoxy groups -OCH3 is 2. The molecule has 146 valence electrons. The lowest BCUT2D eigenvalue weighted by Gasteiger charge is -2.36. The fourth-order valence-corrected chi connectivity index (χ4v) is 3.82. The van der Waals surface area contributed by atoms with Crippen LogP contribution in [0.4, 0.5) is 17.3 Å². The first-order valence-corrected chi connectivity index (χ1v) is 9.74. The molecule has 1 aliphatic rings. The van der Waals surface area contributed by atoms with Gasteiger partial charge in [0.05, 0.1) is 24.9 Å². The molecule has 1 aliphatic heterocycles. The van der Waals surface area contributed by atoms with Gasteiger partial charge in [-0.25, -0.2) is 9.97 Å². The molecule has 0 aliphatic carbocycles. The van der Waals surface area contributed by atoms with Crippen molar-refractivity contribution < 1.29 is 9.47 Å². The maximum atomic E-state index is 6.20. The standard InChI is InChI=1S/C20H27ClN4O2/c1-5-14-8-6-7-9-25(14)20-12-19(22-13(2)23-20)24-16-11-17(26-3)15(21)10-18(16)27-4/h10-12,14H,5-9H2,1-4H3,(H,22,23,24). The molecule has 27 heavy (non-hydrogen) atoms. The van der Waals surface area contributed by atoms with Gasteiger partial charge in [0, 0.05) is 30.8 Å². The van der Waals surface area contributed by atoms with E-state index in [4.69, 9.17) is 21.1 Å². The molecular formula is C20H27ClN4O2. The van der Waals surface area contributed by atoms with Crippen LogP contribution in [-0.2, 0) is 0 Å². The van der Waals surface area contributed by atoms with Gasteiger partial charge in [0.25, 0.3) is 0 Å². The number of hydrogen-bond donors (Lipinski definition) is 1. The summed E-state index contributed by atoms with van der Waals surface area (Å²) in [6, 6.07) is 6.08. The van der Waals surface area contributed by atoms with Crippen molar-refractivity contribution in [2.24, 2.45) is 0 Å². The Hall–Kier alpha value is -2.21. The lowest BCUT2D eigenvalue weighted by Crippen LogP contribution is -2.39. The Kier molecular flexibility index (Phi) is 6.26. The van der Waals surface area contributed by atoms with Gasteiger partial charge in [-0.1, -0.05) is 18.5 Å². The summed E-state index contributed by atoms with van der Waals surface area (Å²) >= 11 is 6.20. The van der Waals surface area contributed by atoms with Gasteiger partial charge < -0.3 is 19.7 Å². The number of ether oxygens (including phenoxy) is 2. The lowest BCUT2D eigenvalue weighted by molar-refractivity contribution is 0.405. The lowest BCUT2D eigenvalue weighted by atomic mass is 10.00. The van der Waals surface area contributed by atoms with Crippen molar-refractivity contribution >= 4 is 28.9 Å². The van der Waals surface area contributed by atoms with Crippen LogP contribution < -0.4 is 19.7 Å². The molecule has 0 spiro atoms. The molecule has 0 amide bonds. The third kappa shape index (κ3) is 4.38. The van der Waals surface area contributed by atoms with E-state index in [0.717, 1.165) is 36.1 Å². The van der Waals surface area contributed by atoms with E-state index in [2.05, 4.69) is 27.1 Å². The van der Waals surface area contributed by atoms with Gasteiger partial charge in [-0.15, -0.1) is 0 Å². The zero-order valence-electron chi connectivity index (χ0n) is 16.4. The smallest absolute Gasteiger partial charge is 0.144 e. The fraction of sp³-hybridized carbons (Fsp3) is 0.500. The first-order valence-electron chi connectivity index (χ1n) is 9.36. The highest BCUT2D eigenvalue weighted by Gasteiger charge is 2.23. The van der Waals surface area contributed by atoms with E-state index in [1.807, 2.05) is 19.1 Å². The number of aromatic nitrogens is 2. The fourth-order valence-electron chi connectivity index (χ4n) is 3.59. The largest absolute Gasteiger partial charge is 0.495 e. The van der Waals surface area contributed by atoms with E-state index < -0.39 is 0 Å². The van der Waals surface area contributed by atoms with Crippen molar-refractivity contribution in [2.75, 3.05) is 31.0 Å². The summed E-state index contributed by atoms with van der Waals surface area (Å²) in [6.07, 6.45) is 4.81. The molecular weight excluding hydrogens is 364 g/mol. The SMILES string of the molecule is CCC1CCCCN1c1cc(Nc2cc(OC)c(Cl)cc2OC)nc(C)n1. The van der Waals surface area contributed by atoms with Crippen LogP contribution in [0, 0.1) is 6.92 Å². The average Bonchev–Trinajstić information content (AvgIpc) is 2.68. The third-order valence-electron chi connectivity index (χ3n) is 4.95. The monoisotopic (exact) mass is 390 g/mol. The topological polar surface area (TPSA) is 59.5 Å². The van der Waals surface area contributed by atoms with E-state index in [1.165, 1.54) is 19.3 Å². The minimum atomic E-state index is 0.499. The molecule has 0 bridgehead atoms. The summed E-state index contributed by atoms with van der Waals surface area (Å²) in [4.78, 5) is 11.6. The van der Waals surface area contributed by atoms with Crippen LogP contribution >= 0.6 is 11.6 Å². The van der Waals surface area contributed by atoms with Crippen molar-refractivity contribution in [2.45, 2.75) is 45.6 Å². The molecule has 1 fully saturated rings. The molecule has 1 aromatic heterocycles. The highest BCUT2D eigenvalue weighted by atomic mass is 35.5. The maximum absolute atomic E-state index is 6.20. The van der Waals surface area contributed by atoms with Crippen molar-refractivity contribution in [3.8, 4) is 11.5 Å². The second-order valence-corrected chi connectivity index (χ2v) is 7.13. The quantitative estimate of drug-likeness (QED) is 0.751. The number of halogens is 1. The van der Waals surface area contributed by atoms with Crippen LogP contribution in [-0.4, -0.2) is 36.8 Å². The molecule has 1 N–H and O–H groups in total. The average molecular weight is 391 g/mol. The summed E-state index contributed by atoms with van der Waals surface area (Å²) < 4.78 is 10.8. The maximum Gasteiger partial charge on any atom is 0.144 e. The molecule has 0 radical (unpaired) electrons. The van der Waals surface area contributed by atoms with Crippen LogP contribution in [0.15, 0.2) is 18.2 Å². The van der Waals surface area contributed by atoms with Crippen LogP contribution in [0.2, 0.25) is 5.02 Å². The molecule has 2 heterocycles. The molecule has 1 atom stereocenters. The van der Waals surface area contributed by atoms with E-state index in [1.54, 1.807) is 20.3 Å². The van der Waals surface area contributed by atoms with Crippen LogP contribution in [0.1, 0.15) is 38.4 Å². The van der Waals surface area contributed by atoms with Crippen molar-refractivity contribution in [1.82, 2.24) is 9.97 Å². The number of aryl methyl sites for hydroxylation is 1. The molecule has 1 unspecified atom stereocenters. The third-order valence-corrected chi connectivity index (χ3v) is 5.25.